The van der Waals surface area contributed by atoms with Crippen molar-refractivity contribution < 1.29 is 14.2 Å². The Morgan fingerprint density at radius 2 is 0.800 bits per heavy atom. The molecule has 0 saturated heterocycles. The molecule has 0 radical (unpaired) electrons. The third-order valence-electron chi connectivity index (χ3n) is 5.85. The molecule has 0 atom stereocenters. The van der Waals surface area contributed by atoms with Crippen LogP contribution in [0, 0.1) is 5.41 Å². The summed E-state index contributed by atoms with van der Waals surface area (Å²) in [5, 5.41) is 0. The Morgan fingerprint density at radius 3 is 1.17 bits per heavy atom. The first-order chi connectivity index (χ1) is 14.2. The van der Waals surface area contributed by atoms with Gasteiger partial charge in [-0.2, -0.15) is 0 Å². The summed E-state index contributed by atoms with van der Waals surface area (Å²) in [6.07, 6.45) is 16.1. The molecule has 0 aromatic rings. The molecule has 0 aliphatic carbocycles. The lowest BCUT2D eigenvalue weighted by Gasteiger charge is -2.51. The molecule has 0 aliphatic rings. The van der Waals surface area contributed by atoms with E-state index < -0.39 is 5.97 Å². The third-order valence-corrected chi connectivity index (χ3v) is 5.85. The zero-order valence-electron chi connectivity index (χ0n) is 22.1. The molecule has 0 bridgehead atoms. The first-order valence-electron chi connectivity index (χ1n) is 13.2. The van der Waals surface area contributed by atoms with E-state index in [0.717, 1.165) is 19.3 Å². The van der Waals surface area contributed by atoms with Gasteiger partial charge in [0.2, 0.25) is 0 Å². The first-order valence-corrected chi connectivity index (χ1v) is 13.2. The van der Waals surface area contributed by atoms with E-state index >= 15 is 0 Å². The van der Waals surface area contributed by atoms with E-state index in [2.05, 4.69) is 62.3 Å². The summed E-state index contributed by atoms with van der Waals surface area (Å²) in [5.74, 6) is -0.975. The number of rotatable bonds is 20. The van der Waals surface area contributed by atoms with Gasteiger partial charge < -0.3 is 14.2 Å². The van der Waals surface area contributed by atoms with E-state index in [-0.39, 0.29) is 23.7 Å². The minimum atomic E-state index is -0.975. The zero-order chi connectivity index (χ0) is 23.0. The molecule has 182 valence electrons. The SMILES string of the molecule is CCCCCCCCC(CCCC)(CCCC)C(OC(C)C)(OC(C)C)OC(C)C. The van der Waals surface area contributed by atoms with Gasteiger partial charge in [-0.25, -0.2) is 0 Å². The van der Waals surface area contributed by atoms with Crippen molar-refractivity contribution in [2.45, 2.75) is 170 Å². The average Bonchev–Trinajstić information content (AvgIpc) is 2.64. The Bertz CT molecular complexity index is 355. The topological polar surface area (TPSA) is 27.7 Å². The standard InChI is InChI=1S/C27H56O3/c1-10-13-16-17-18-19-22-26(20-14-11-2,21-15-12-3)27(28-23(4)5,29-24(6)7)30-25(8)9/h23-25H,10-22H2,1-9H3. The van der Waals surface area contributed by atoms with Crippen LogP contribution < -0.4 is 0 Å². The fourth-order valence-electron chi connectivity index (χ4n) is 4.50. The second kappa shape index (κ2) is 16.5. The van der Waals surface area contributed by atoms with Crippen LogP contribution in [0.1, 0.15) is 146 Å². The Hall–Kier alpha value is -0.120. The molecule has 0 aliphatic heterocycles. The summed E-state index contributed by atoms with van der Waals surface area (Å²) in [5.41, 5.74) is -0.109. The van der Waals surface area contributed by atoms with Gasteiger partial charge in [-0.05, 0) is 60.8 Å². The molecule has 0 spiro atoms. The minimum absolute atomic E-state index is 0.0506. The molecule has 0 unspecified atom stereocenters. The van der Waals surface area contributed by atoms with Crippen molar-refractivity contribution in [1.29, 1.82) is 0 Å². The van der Waals surface area contributed by atoms with Crippen LogP contribution in [0.4, 0.5) is 0 Å². The van der Waals surface area contributed by atoms with Crippen LogP contribution in [0.2, 0.25) is 0 Å². The smallest absolute Gasteiger partial charge is 0.289 e. The Kier molecular flexibility index (Phi) is 16.4. The van der Waals surface area contributed by atoms with Crippen LogP contribution in [0.15, 0.2) is 0 Å². The van der Waals surface area contributed by atoms with E-state index in [0.29, 0.717) is 0 Å². The molecule has 0 aromatic carbocycles. The lowest BCUT2D eigenvalue weighted by atomic mass is 9.71. The first kappa shape index (κ1) is 29.9. The minimum Gasteiger partial charge on any atom is -0.324 e. The van der Waals surface area contributed by atoms with E-state index in [4.69, 9.17) is 14.2 Å². The van der Waals surface area contributed by atoms with Crippen molar-refractivity contribution in [1.82, 2.24) is 0 Å². The van der Waals surface area contributed by atoms with Crippen LogP contribution >= 0.6 is 0 Å². The van der Waals surface area contributed by atoms with Gasteiger partial charge in [0.15, 0.2) is 0 Å². The predicted molar refractivity (Wildman–Crippen MR) is 131 cm³/mol. The second-order valence-corrected chi connectivity index (χ2v) is 10.1. The Morgan fingerprint density at radius 1 is 0.467 bits per heavy atom. The highest BCUT2D eigenvalue weighted by atomic mass is 16.9. The molecule has 0 N–H and O–H groups in total. The highest BCUT2D eigenvalue weighted by Crippen LogP contribution is 2.51. The molecule has 0 saturated carbocycles. The van der Waals surface area contributed by atoms with Gasteiger partial charge in [-0.3, -0.25) is 0 Å². The lowest BCUT2D eigenvalue weighted by molar-refractivity contribution is -0.459. The summed E-state index contributed by atoms with van der Waals surface area (Å²) in [4.78, 5) is 0. The highest BCUT2D eigenvalue weighted by molar-refractivity contribution is 4.91. The van der Waals surface area contributed by atoms with Crippen molar-refractivity contribution in [3.05, 3.63) is 0 Å². The van der Waals surface area contributed by atoms with Crippen LogP contribution in [0.3, 0.4) is 0 Å². The summed E-state index contributed by atoms with van der Waals surface area (Å²) in [7, 11) is 0. The van der Waals surface area contributed by atoms with E-state index in [9.17, 15) is 0 Å². The fourth-order valence-corrected chi connectivity index (χ4v) is 4.50. The quantitative estimate of drug-likeness (QED) is 0.143. The zero-order valence-corrected chi connectivity index (χ0v) is 22.1. The molecule has 30 heavy (non-hydrogen) atoms. The summed E-state index contributed by atoms with van der Waals surface area (Å²) >= 11 is 0. The van der Waals surface area contributed by atoms with Crippen LogP contribution in [0.25, 0.3) is 0 Å². The highest BCUT2D eigenvalue weighted by Gasteiger charge is 2.55. The number of ether oxygens (including phenoxy) is 3. The van der Waals surface area contributed by atoms with Gasteiger partial charge >= 0.3 is 0 Å². The van der Waals surface area contributed by atoms with Gasteiger partial charge in [0.25, 0.3) is 5.97 Å². The summed E-state index contributed by atoms with van der Waals surface area (Å²) < 4.78 is 20.0. The molecule has 0 fully saturated rings. The molecule has 3 nitrogen and oxygen atoms in total. The molecule has 0 heterocycles. The molecular formula is C27H56O3. The van der Waals surface area contributed by atoms with Crippen molar-refractivity contribution >= 4 is 0 Å². The maximum atomic E-state index is 6.67. The number of unbranched alkanes of at least 4 members (excludes halogenated alkanes) is 7. The van der Waals surface area contributed by atoms with E-state index in [1.807, 2.05) is 0 Å². The van der Waals surface area contributed by atoms with Gasteiger partial charge in [0.05, 0.1) is 23.7 Å². The summed E-state index contributed by atoms with van der Waals surface area (Å²) in [6.45, 7) is 19.5. The Balaban J connectivity index is 6.01. The van der Waals surface area contributed by atoms with Crippen molar-refractivity contribution in [2.24, 2.45) is 5.41 Å². The third kappa shape index (κ3) is 11.0. The normalized spacial score (nSPS) is 13.2. The van der Waals surface area contributed by atoms with Crippen LogP contribution in [-0.2, 0) is 14.2 Å². The number of hydrogen-bond donors (Lipinski definition) is 0. The van der Waals surface area contributed by atoms with E-state index in [1.165, 1.54) is 64.2 Å². The average molecular weight is 429 g/mol. The fraction of sp³-hybridized carbons (Fsp3) is 1.00. The molecular weight excluding hydrogens is 372 g/mol. The second-order valence-electron chi connectivity index (χ2n) is 10.1. The Labute approximate surface area is 190 Å². The largest absolute Gasteiger partial charge is 0.324 e. The van der Waals surface area contributed by atoms with Crippen molar-refractivity contribution in [3.63, 3.8) is 0 Å². The van der Waals surface area contributed by atoms with Crippen molar-refractivity contribution in [3.8, 4) is 0 Å². The molecule has 3 heteroatoms. The maximum absolute atomic E-state index is 6.67. The molecule has 0 rings (SSSR count). The van der Waals surface area contributed by atoms with Crippen molar-refractivity contribution in [2.75, 3.05) is 0 Å². The van der Waals surface area contributed by atoms with Gasteiger partial charge in [-0.15, -0.1) is 0 Å². The van der Waals surface area contributed by atoms with Gasteiger partial charge in [0.1, 0.15) is 0 Å². The monoisotopic (exact) mass is 428 g/mol. The van der Waals surface area contributed by atoms with Crippen LogP contribution in [-0.4, -0.2) is 24.3 Å². The molecule has 0 amide bonds. The lowest BCUT2D eigenvalue weighted by Crippen LogP contribution is -2.58. The van der Waals surface area contributed by atoms with Crippen LogP contribution in [0.5, 0.6) is 0 Å². The van der Waals surface area contributed by atoms with E-state index in [1.54, 1.807) is 0 Å². The maximum Gasteiger partial charge on any atom is 0.289 e. The number of hydrogen-bond acceptors (Lipinski definition) is 3. The van der Waals surface area contributed by atoms with Gasteiger partial charge in [-0.1, -0.05) is 85.0 Å². The predicted octanol–water partition coefficient (Wildman–Crippen LogP) is 9.03. The van der Waals surface area contributed by atoms with Gasteiger partial charge in [0, 0.05) is 0 Å². The summed E-state index contributed by atoms with van der Waals surface area (Å²) in [6, 6.07) is 0. The molecule has 0 aromatic heterocycles.